The van der Waals surface area contributed by atoms with Gasteiger partial charge in [0.15, 0.2) is 11.0 Å². The number of carbonyl (C=O) groups excluding carboxylic acids is 1. The highest BCUT2D eigenvalue weighted by molar-refractivity contribution is 7.99. The number of anilines is 1. The van der Waals surface area contributed by atoms with Gasteiger partial charge in [0.1, 0.15) is 18.1 Å². The molecule has 1 aromatic heterocycles. The Bertz CT molecular complexity index is 1020. The molecule has 0 atom stereocenters. The number of benzene rings is 2. The molecule has 0 saturated carbocycles. The van der Waals surface area contributed by atoms with Crippen LogP contribution in [0.4, 0.5) is 5.69 Å². The largest absolute Gasteiger partial charge is 0.494 e. The summed E-state index contributed by atoms with van der Waals surface area (Å²) >= 11 is 1.35. The van der Waals surface area contributed by atoms with E-state index in [2.05, 4.69) is 29.4 Å². The highest BCUT2D eigenvalue weighted by atomic mass is 32.2. The van der Waals surface area contributed by atoms with Crippen molar-refractivity contribution in [1.29, 1.82) is 0 Å². The Labute approximate surface area is 187 Å². The van der Waals surface area contributed by atoms with Gasteiger partial charge in [0, 0.05) is 12.2 Å². The molecule has 0 aliphatic rings. The number of nitrogens with one attached hydrogen (secondary N) is 1. The van der Waals surface area contributed by atoms with Gasteiger partial charge in [-0.2, -0.15) is 0 Å². The Hall–Kier alpha value is -3.00. The maximum atomic E-state index is 12.3. The summed E-state index contributed by atoms with van der Waals surface area (Å²) in [5.41, 5.74) is 3.14. The molecule has 0 aliphatic heterocycles. The maximum Gasteiger partial charge on any atom is 0.234 e. The summed E-state index contributed by atoms with van der Waals surface area (Å²) in [5, 5.41) is 12.1. The van der Waals surface area contributed by atoms with Crippen LogP contribution in [0, 0.1) is 13.8 Å². The first-order valence-corrected chi connectivity index (χ1v) is 11.3. The first-order chi connectivity index (χ1) is 15.0. The van der Waals surface area contributed by atoms with Crippen LogP contribution in [0.3, 0.4) is 0 Å². The molecule has 8 heteroatoms. The number of hydrogen-bond acceptors (Lipinski definition) is 6. The van der Waals surface area contributed by atoms with Crippen molar-refractivity contribution in [2.45, 2.75) is 46.0 Å². The second-order valence-electron chi connectivity index (χ2n) is 6.97. The lowest BCUT2D eigenvalue weighted by atomic mass is 10.1. The van der Waals surface area contributed by atoms with Crippen molar-refractivity contribution in [2.75, 3.05) is 17.7 Å². The number of carbonyl (C=O) groups is 1. The number of rotatable bonds is 10. The lowest BCUT2D eigenvalue weighted by Crippen LogP contribution is -2.15. The molecule has 164 valence electrons. The van der Waals surface area contributed by atoms with Crippen LogP contribution in [0.2, 0.25) is 0 Å². The number of aryl methyl sites for hydroxylation is 2. The molecule has 1 amide bonds. The molecule has 0 bridgehead atoms. The lowest BCUT2D eigenvalue weighted by Gasteiger charge is -2.10. The molecule has 3 rings (SSSR count). The topological polar surface area (TPSA) is 78.3 Å². The number of nitrogens with zero attached hydrogens (tertiary/aromatic N) is 3. The third kappa shape index (κ3) is 6.24. The number of aromatic nitrogens is 3. The van der Waals surface area contributed by atoms with E-state index in [0.29, 0.717) is 24.9 Å². The zero-order valence-electron chi connectivity index (χ0n) is 18.3. The van der Waals surface area contributed by atoms with Gasteiger partial charge in [-0.1, -0.05) is 17.8 Å². The number of hydrogen-bond donors (Lipinski definition) is 1. The van der Waals surface area contributed by atoms with Crippen molar-refractivity contribution >= 4 is 23.4 Å². The Balaban J connectivity index is 1.54. The maximum absolute atomic E-state index is 12.3. The molecule has 31 heavy (non-hydrogen) atoms. The fourth-order valence-electron chi connectivity index (χ4n) is 2.93. The minimum absolute atomic E-state index is 0.104. The van der Waals surface area contributed by atoms with Crippen LogP contribution in [-0.2, 0) is 17.9 Å². The van der Waals surface area contributed by atoms with E-state index in [4.69, 9.17) is 9.47 Å². The zero-order valence-corrected chi connectivity index (χ0v) is 19.2. The van der Waals surface area contributed by atoms with Crippen LogP contribution in [0.5, 0.6) is 11.5 Å². The van der Waals surface area contributed by atoms with Gasteiger partial charge in [-0.3, -0.25) is 4.79 Å². The summed E-state index contributed by atoms with van der Waals surface area (Å²) in [6.07, 6.45) is 0. The van der Waals surface area contributed by atoms with Gasteiger partial charge in [0.25, 0.3) is 0 Å². The highest BCUT2D eigenvalue weighted by Gasteiger charge is 2.14. The van der Waals surface area contributed by atoms with Crippen molar-refractivity contribution in [3.63, 3.8) is 0 Å². The Kier molecular flexibility index (Phi) is 7.94. The van der Waals surface area contributed by atoms with E-state index in [0.717, 1.165) is 23.0 Å². The Morgan fingerprint density at radius 1 is 1.00 bits per heavy atom. The molecule has 0 unspecified atom stereocenters. The summed E-state index contributed by atoms with van der Waals surface area (Å²) in [6.45, 7) is 9.71. The number of ether oxygens (including phenoxy) is 2. The van der Waals surface area contributed by atoms with Crippen molar-refractivity contribution in [1.82, 2.24) is 14.8 Å². The fourth-order valence-corrected chi connectivity index (χ4v) is 3.75. The minimum Gasteiger partial charge on any atom is -0.494 e. The smallest absolute Gasteiger partial charge is 0.234 e. The molecular formula is C23H28N4O3S. The van der Waals surface area contributed by atoms with Crippen LogP contribution >= 0.6 is 11.8 Å². The number of amides is 1. The molecule has 2 aromatic carbocycles. The van der Waals surface area contributed by atoms with Gasteiger partial charge in [-0.15, -0.1) is 10.2 Å². The molecule has 0 fully saturated rings. The predicted molar refractivity (Wildman–Crippen MR) is 123 cm³/mol. The first kappa shape index (κ1) is 22.7. The summed E-state index contributed by atoms with van der Waals surface area (Å²) in [5.74, 6) is 2.45. The lowest BCUT2D eigenvalue weighted by molar-refractivity contribution is -0.113. The number of thioether (sulfide) groups is 1. The zero-order chi connectivity index (χ0) is 22.2. The second-order valence-corrected chi connectivity index (χ2v) is 7.91. The van der Waals surface area contributed by atoms with Crippen molar-refractivity contribution in [3.8, 4) is 11.5 Å². The quantitative estimate of drug-likeness (QED) is 0.464. The predicted octanol–water partition coefficient (Wildman–Crippen LogP) is 4.62. The highest BCUT2D eigenvalue weighted by Crippen LogP contribution is 2.21. The third-order valence-electron chi connectivity index (χ3n) is 4.74. The summed E-state index contributed by atoms with van der Waals surface area (Å²) in [4.78, 5) is 12.3. The Morgan fingerprint density at radius 2 is 1.74 bits per heavy atom. The van der Waals surface area contributed by atoms with Crippen molar-refractivity contribution in [2.24, 2.45) is 0 Å². The molecule has 0 radical (unpaired) electrons. The standard InChI is InChI=1S/C23H28N4O3S/c1-5-27-21(14-30-20-10-7-16(3)17(4)13-20)25-26-23(27)31-15-22(28)24-18-8-11-19(12-9-18)29-6-2/h7-13H,5-6,14-15H2,1-4H3,(H,24,28). The average molecular weight is 441 g/mol. The van der Waals surface area contributed by atoms with Gasteiger partial charge in [0.2, 0.25) is 5.91 Å². The Morgan fingerprint density at radius 3 is 2.42 bits per heavy atom. The normalized spacial score (nSPS) is 10.7. The van der Waals surface area contributed by atoms with Crippen molar-refractivity contribution in [3.05, 3.63) is 59.4 Å². The van der Waals surface area contributed by atoms with E-state index < -0.39 is 0 Å². The van der Waals surface area contributed by atoms with E-state index >= 15 is 0 Å². The van der Waals surface area contributed by atoms with Crippen LogP contribution in [0.25, 0.3) is 0 Å². The van der Waals surface area contributed by atoms with Gasteiger partial charge < -0.3 is 19.4 Å². The van der Waals surface area contributed by atoms with E-state index in [1.54, 1.807) is 0 Å². The summed E-state index contributed by atoms with van der Waals surface area (Å²) < 4.78 is 13.3. The molecule has 7 nitrogen and oxygen atoms in total. The van der Waals surface area contributed by atoms with Gasteiger partial charge in [-0.05, 0) is 75.2 Å². The van der Waals surface area contributed by atoms with Crippen molar-refractivity contribution < 1.29 is 14.3 Å². The van der Waals surface area contributed by atoms with Gasteiger partial charge in [0.05, 0.1) is 12.4 Å². The summed E-state index contributed by atoms with van der Waals surface area (Å²) in [7, 11) is 0. The van der Waals surface area contributed by atoms with Gasteiger partial charge >= 0.3 is 0 Å². The van der Waals surface area contributed by atoms with E-state index in [-0.39, 0.29) is 11.7 Å². The van der Waals surface area contributed by atoms with E-state index in [9.17, 15) is 4.79 Å². The summed E-state index contributed by atoms with van der Waals surface area (Å²) in [6, 6.07) is 13.3. The monoisotopic (exact) mass is 440 g/mol. The molecule has 3 aromatic rings. The third-order valence-corrected chi connectivity index (χ3v) is 5.70. The average Bonchev–Trinajstić information content (AvgIpc) is 3.16. The molecule has 0 spiro atoms. The van der Waals surface area contributed by atoms with Crippen LogP contribution < -0.4 is 14.8 Å². The SMILES string of the molecule is CCOc1ccc(NC(=O)CSc2nnc(COc3ccc(C)c(C)c3)n2CC)cc1. The van der Waals surface area contributed by atoms with E-state index in [1.807, 2.05) is 60.9 Å². The minimum atomic E-state index is -0.104. The van der Waals surface area contributed by atoms with E-state index in [1.165, 1.54) is 22.9 Å². The first-order valence-electron chi connectivity index (χ1n) is 10.3. The molecule has 0 saturated heterocycles. The second kappa shape index (κ2) is 10.9. The fraction of sp³-hybridized carbons (Fsp3) is 0.348. The molecule has 0 aliphatic carbocycles. The van der Waals surface area contributed by atoms with Crippen LogP contribution in [0.1, 0.15) is 30.8 Å². The molecule has 1 N–H and O–H groups in total. The van der Waals surface area contributed by atoms with Crippen LogP contribution in [-0.4, -0.2) is 33.0 Å². The van der Waals surface area contributed by atoms with Crippen LogP contribution in [0.15, 0.2) is 47.6 Å². The molecule has 1 heterocycles. The molecular weight excluding hydrogens is 412 g/mol. The van der Waals surface area contributed by atoms with Gasteiger partial charge in [-0.25, -0.2) is 0 Å².